The molecule has 8 rings (SSSR count). The Morgan fingerprint density at radius 2 is 1.41 bits per heavy atom. The number of pyridine rings is 2. The van der Waals surface area contributed by atoms with E-state index in [9.17, 15) is 4.39 Å². The highest BCUT2D eigenvalue weighted by molar-refractivity contribution is 5.95. The predicted molar refractivity (Wildman–Crippen MR) is 207 cm³/mol. The number of ether oxygens (including phenoxy) is 1. The molecule has 0 aliphatic heterocycles. The minimum atomic E-state index is -0.376. The first-order valence-corrected chi connectivity index (χ1v) is 17.7. The van der Waals surface area contributed by atoms with E-state index in [4.69, 9.17) is 32.6 Å². The minimum Gasteiger partial charge on any atom is -0.496 e. The molecule has 0 atom stereocenters. The van der Waals surface area contributed by atoms with E-state index in [2.05, 4.69) is 40.6 Å². The zero-order valence-corrected chi connectivity index (χ0v) is 32.4. The zero-order valence-electron chi connectivity index (χ0n) is 32.4. The van der Waals surface area contributed by atoms with Crippen LogP contribution in [-0.4, -0.2) is 37.2 Å². The minimum absolute atomic E-state index is 0.285. The first kappa shape index (κ1) is 37.5. The third-order valence-corrected chi connectivity index (χ3v) is 8.67. The molecule has 0 spiro atoms. The molecule has 0 bridgehead atoms. The summed E-state index contributed by atoms with van der Waals surface area (Å²) in [5.41, 5.74) is 7.41. The van der Waals surface area contributed by atoms with Crippen LogP contribution in [-0.2, 0) is 7.05 Å². The second-order valence-electron chi connectivity index (χ2n) is 13.0. The van der Waals surface area contributed by atoms with E-state index in [0.717, 1.165) is 67.5 Å². The molecule has 12 nitrogen and oxygen atoms in total. The van der Waals surface area contributed by atoms with E-state index in [1.165, 1.54) is 19.2 Å². The van der Waals surface area contributed by atoms with Crippen LogP contribution in [0.1, 0.15) is 68.0 Å². The lowest BCUT2D eigenvalue weighted by Gasteiger charge is -2.10. The molecule has 1 aromatic carbocycles. The Morgan fingerprint density at radius 3 is 1.96 bits per heavy atom. The first-order valence-electron chi connectivity index (χ1n) is 17.7. The number of nitrogens with one attached hydrogen (secondary N) is 1. The van der Waals surface area contributed by atoms with E-state index >= 15 is 0 Å². The first-order chi connectivity index (χ1) is 25.9. The number of fused-ring (bicyclic) bond motifs is 2. The van der Waals surface area contributed by atoms with Gasteiger partial charge in [0.15, 0.2) is 22.8 Å². The van der Waals surface area contributed by atoms with Gasteiger partial charge >= 0.3 is 0 Å². The molecule has 7 aromatic heterocycles. The van der Waals surface area contributed by atoms with Crippen LogP contribution in [0.2, 0.25) is 0 Å². The fraction of sp³-hybridized carbons (Fsp3) is 0.293. The van der Waals surface area contributed by atoms with Crippen LogP contribution >= 0.6 is 0 Å². The topological polar surface area (TPSA) is 143 Å². The number of furan rings is 2. The van der Waals surface area contributed by atoms with Gasteiger partial charge in [0.1, 0.15) is 40.3 Å². The molecule has 0 radical (unpaired) electrons. The highest BCUT2D eigenvalue weighted by atomic mass is 19.1. The van der Waals surface area contributed by atoms with E-state index in [-0.39, 0.29) is 11.7 Å². The average Bonchev–Trinajstić information content (AvgIpc) is 3.98. The summed E-state index contributed by atoms with van der Waals surface area (Å²) in [6, 6.07) is 14.2. The van der Waals surface area contributed by atoms with Crippen LogP contribution < -0.4 is 10.1 Å². The number of hydrogen-bond donors (Lipinski definition) is 1. The molecule has 0 fully saturated rings. The van der Waals surface area contributed by atoms with E-state index < -0.39 is 0 Å². The van der Waals surface area contributed by atoms with Crippen LogP contribution in [0.4, 0.5) is 16.0 Å². The van der Waals surface area contributed by atoms with Gasteiger partial charge in [-0.2, -0.15) is 5.10 Å². The van der Waals surface area contributed by atoms with Crippen molar-refractivity contribution in [1.29, 1.82) is 0 Å². The monoisotopic (exact) mass is 733 g/mol. The van der Waals surface area contributed by atoms with E-state index in [1.54, 1.807) is 10.7 Å². The normalized spacial score (nSPS) is 11.1. The molecule has 0 amide bonds. The SMILES string of the molecule is CC.COc1cc(F)ccc1-c1nc(-c2c(C)noc2C)cc2cc(C)oc12.Cc1noc(C)c1-c1cc2cc(C(C)C)oc2c(Nc2ccn(C)n2)n1. The highest BCUT2D eigenvalue weighted by Crippen LogP contribution is 2.39. The Morgan fingerprint density at radius 1 is 0.778 bits per heavy atom. The summed E-state index contributed by atoms with van der Waals surface area (Å²) in [5, 5.41) is 17.6. The maximum Gasteiger partial charge on any atom is 0.176 e. The molecule has 0 saturated carbocycles. The molecule has 0 aliphatic rings. The van der Waals surface area contributed by atoms with Gasteiger partial charge in [0.2, 0.25) is 0 Å². The number of anilines is 2. The van der Waals surface area contributed by atoms with Crippen molar-refractivity contribution >= 4 is 33.6 Å². The molecule has 0 aliphatic carbocycles. The standard InChI is InChI=1S/C20H17FN2O3.C19H21N5O2.C2H6/c1-10-7-13-8-16(18-11(2)23-26-12(18)3)22-19(20(13)25-10)15-6-5-14(21)9-17(15)24-4;1-10(2)15-9-13-8-14(17-11(3)23-26-12(17)4)20-19(18(13)25-15)21-16-6-7-24(5)22-16;1-2/h5-9H,1-4H3;6-10H,1-5H3,(H,20,21,22);1-2H3. The van der Waals surface area contributed by atoms with Gasteiger partial charge < -0.3 is 27.9 Å². The maximum absolute atomic E-state index is 13.6. The summed E-state index contributed by atoms with van der Waals surface area (Å²) in [4.78, 5) is 9.58. The van der Waals surface area contributed by atoms with Crippen LogP contribution in [0.5, 0.6) is 5.75 Å². The van der Waals surface area contributed by atoms with Crippen molar-refractivity contribution in [2.45, 2.75) is 68.2 Å². The zero-order chi connectivity index (χ0) is 38.8. The lowest BCUT2D eigenvalue weighted by atomic mass is 10.0. The number of hydrogen-bond acceptors (Lipinski definition) is 11. The van der Waals surface area contributed by atoms with Gasteiger partial charge in [0, 0.05) is 47.6 Å². The van der Waals surface area contributed by atoms with E-state index in [0.29, 0.717) is 40.0 Å². The molecule has 0 unspecified atom stereocenters. The third-order valence-electron chi connectivity index (χ3n) is 8.67. The number of benzene rings is 1. The summed E-state index contributed by atoms with van der Waals surface area (Å²) in [6.45, 7) is 17.6. The van der Waals surface area contributed by atoms with Gasteiger partial charge in [-0.3, -0.25) is 4.68 Å². The van der Waals surface area contributed by atoms with Crippen molar-refractivity contribution in [2.24, 2.45) is 7.05 Å². The Kier molecular flexibility index (Phi) is 10.7. The van der Waals surface area contributed by atoms with Crippen LogP contribution in [0, 0.1) is 40.4 Å². The second kappa shape index (κ2) is 15.4. The number of halogens is 1. The lowest BCUT2D eigenvalue weighted by Crippen LogP contribution is -1.98. The molecular weight excluding hydrogens is 689 g/mol. The van der Waals surface area contributed by atoms with Crippen molar-refractivity contribution in [3.8, 4) is 39.5 Å². The van der Waals surface area contributed by atoms with Crippen molar-refractivity contribution < 1.29 is 27.0 Å². The van der Waals surface area contributed by atoms with Gasteiger partial charge in [0.25, 0.3) is 0 Å². The molecule has 1 N–H and O–H groups in total. The van der Waals surface area contributed by atoms with Gasteiger partial charge in [0.05, 0.1) is 41.0 Å². The van der Waals surface area contributed by atoms with Gasteiger partial charge in [-0.05, 0) is 71.0 Å². The van der Waals surface area contributed by atoms with Gasteiger partial charge in [-0.15, -0.1) is 0 Å². The maximum atomic E-state index is 13.6. The molecule has 54 heavy (non-hydrogen) atoms. The Bertz CT molecular complexity index is 2530. The molecule has 7 heterocycles. The van der Waals surface area contributed by atoms with Crippen LogP contribution in [0.3, 0.4) is 0 Å². The van der Waals surface area contributed by atoms with Crippen LogP contribution in [0.15, 0.2) is 72.6 Å². The molecular formula is C41H44FN7O5. The van der Waals surface area contributed by atoms with Crippen molar-refractivity contribution in [3.05, 3.63) is 95.0 Å². The Hall–Kier alpha value is -6.24. The number of aromatic nitrogens is 6. The summed E-state index contributed by atoms with van der Waals surface area (Å²) < 4.78 is 43.3. The summed E-state index contributed by atoms with van der Waals surface area (Å²) in [7, 11) is 3.37. The van der Waals surface area contributed by atoms with Crippen molar-refractivity contribution in [2.75, 3.05) is 12.4 Å². The third kappa shape index (κ3) is 7.34. The number of methoxy groups -OCH3 is 1. The van der Waals surface area contributed by atoms with Crippen LogP contribution in [0.25, 0.3) is 55.7 Å². The van der Waals surface area contributed by atoms with Gasteiger partial charge in [-0.1, -0.05) is 38.0 Å². The lowest BCUT2D eigenvalue weighted by molar-refractivity contribution is 0.393. The summed E-state index contributed by atoms with van der Waals surface area (Å²) in [6.07, 6.45) is 1.87. The molecule has 0 saturated heterocycles. The van der Waals surface area contributed by atoms with Crippen molar-refractivity contribution in [1.82, 2.24) is 30.1 Å². The Labute approximate surface area is 312 Å². The number of rotatable bonds is 7. The van der Waals surface area contributed by atoms with Gasteiger partial charge in [-0.25, -0.2) is 14.4 Å². The largest absolute Gasteiger partial charge is 0.496 e. The Balaban J connectivity index is 0.000000176. The molecule has 13 heteroatoms. The number of nitrogens with zero attached hydrogens (tertiary/aromatic N) is 6. The fourth-order valence-corrected chi connectivity index (χ4v) is 6.21. The molecule has 8 aromatic rings. The summed E-state index contributed by atoms with van der Waals surface area (Å²) >= 11 is 0. The van der Waals surface area contributed by atoms with Crippen molar-refractivity contribution in [3.63, 3.8) is 0 Å². The highest BCUT2D eigenvalue weighted by Gasteiger charge is 2.22. The van der Waals surface area contributed by atoms with E-state index in [1.807, 2.05) is 86.0 Å². The fourth-order valence-electron chi connectivity index (χ4n) is 6.21. The number of aryl methyl sites for hydroxylation is 6. The second-order valence-corrected chi connectivity index (χ2v) is 13.0. The smallest absolute Gasteiger partial charge is 0.176 e. The molecule has 280 valence electrons. The average molecular weight is 734 g/mol. The predicted octanol–water partition coefficient (Wildman–Crippen LogP) is 10.9. The quantitative estimate of drug-likeness (QED) is 0.167. The summed E-state index contributed by atoms with van der Waals surface area (Å²) in [5.74, 6) is 4.75.